The fraction of sp³-hybridized carbons (Fsp3) is 0.258. The van der Waals surface area contributed by atoms with Crippen molar-refractivity contribution in [1.82, 2.24) is 0 Å². The number of alkyl halides is 1. The Morgan fingerprint density at radius 3 is 2.28 bits per heavy atom. The molecule has 0 aliphatic carbocycles. The van der Waals surface area contributed by atoms with Crippen LogP contribution >= 0.6 is 0 Å². The molecule has 0 aliphatic heterocycles. The van der Waals surface area contributed by atoms with E-state index in [1.807, 2.05) is 25.1 Å². The van der Waals surface area contributed by atoms with E-state index in [1.54, 1.807) is 24.3 Å². The van der Waals surface area contributed by atoms with Crippen LogP contribution in [0.15, 0.2) is 66.7 Å². The van der Waals surface area contributed by atoms with E-state index in [4.69, 9.17) is 24.7 Å². The molecule has 3 aromatic rings. The molecule has 3 rings (SSSR count). The van der Waals surface area contributed by atoms with E-state index in [-0.39, 0.29) is 17.1 Å². The van der Waals surface area contributed by atoms with Crippen molar-refractivity contribution in [2.75, 3.05) is 20.4 Å². The molecule has 0 atom stereocenters. The average Bonchev–Trinajstić information content (AvgIpc) is 2.95. The van der Waals surface area contributed by atoms with Gasteiger partial charge in [0.1, 0.15) is 5.82 Å². The Hall–Kier alpha value is -4.19. The highest BCUT2D eigenvalue weighted by Gasteiger charge is 2.14. The summed E-state index contributed by atoms with van der Waals surface area (Å²) in [5, 5.41) is 9.02. The summed E-state index contributed by atoms with van der Waals surface area (Å²) >= 11 is 0. The Kier molecular flexibility index (Phi) is 11.0. The molecule has 0 saturated carbocycles. The van der Waals surface area contributed by atoms with Crippen molar-refractivity contribution in [2.24, 2.45) is 0 Å². The number of carbonyl (C=O) groups excluding carboxylic acids is 1. The summed E-state index contributed by atoms with van der Waals surface area (Å²) in [4.78, 5) is 31.6. The molecule has 0 amide bonds. The Morgan fingerprint density at radius 2 is 1.64 bits per heavy atom. The third kappa shape index (κ3) is 8.40. The highest BCUT2D eigenvalue weighted by molar-refractivity contribution is 5.87. The van der Waals surface area contributed by atoms with Crippen LogP contribution in [0.4, 0.5) is 8.78 Å². The van der Waals surface area contributed by atoms with Crippen LogP contribution in [0.5, 0.6) is 11.5 Å². The zero-order valence-electron chi connectivity index (χ0n) is 21.9. The summed E-state index contributed by atoms with van der Waals surface area (Å²) in [5.74, 6) is 5.32. The van der Waals surface area contributed by atoms with Crippen molar-refractivity contribution >= 4 is 5.97 Å². The lowest BCUT2D eigenvalue weighted by molar-refractivity contribution is -0.209. The Bertz CT molecular complexity index is 1370. The van der Waals surface area contributed by atoms with Crippen LogP contribution in [0.3, 0.4) is 0 Å². The molecule has 0 radical (unpaired) electrons. The minimum absolute atomic E-state index is 0.156. The third-order valence-corrected chi connectivity index (χ3v) is 5.78. The minimum atomic E-state index is -0.902. The lowest BCUT2D eigenvalue weighted by atomic mass is 9.95. The number of aryl methyl sites for hydroxylation is 2. The molecular weight excluding hydrogens is 506 g/mol. The largest absolute Gasteiger partial charge is 0.391 e. The maximum absolute atomic E-state index is 14.4. The topological polar surface area (TPSA) is 74.2 Å². The third-order valence-electron chi connectivity index (χ3n) is 5.78. The summed E-state index contributed by atoms with van der Waals surface area (Å²) in [6, 6.07) is 15.4. The van der Waals surface area contributed by atoms with Crippen molar-refractivity contribution in [3.63, 3.8) is 0 Å². The second kappa shape index (κ2) is 14.7. The first kappa shape index (κ1) is 29.4. The van der Waals surface area contributed by atoms with Crippen molar-refractivity contribution < 1.29 is 38.2 Å². The van der Waals surface area contributed by atoms with Crippen LogP contribution in [0.1, 0.15) is 42.0 Å². The number of hydrogen-bond acceptors (Lipinski definition) is 6. The molecule has 0 unspecified atom stereocenters. The highest BCUT2D eigenvalue weighted by Crippen LogP contribution is 2.33. The molecule has 3 aromatic carbocycles. The monoisotopic (exact) mass is 536 g/mol. The van der Waals surface area contributed by atoms with Crippen LogP contribution in [-0.4, -0.2) is 31.5 Å². The molecule has 0 spiro atoms. The predicted molar refractivity (Wildman–Crippen MR) is 143 cm³/mol. The number of hydrogen-bond donors (Lipinski definition) is 1. The first-order valence-corrected chi connectivity index (χ1v) is 12.4. The fourth-order valence-electron chi connectivity index (χ4n) is 3.76. The summed E-state index contributed by atoms with van der Waals surface area (Å²) in [6.07, 6.45) is 2.20. The zero-order valence-corrected chi connectivity index (χ0v) is 21.9. The number of rotatable bonds is 12. The minimum Gasteiger partial charge on any atom is -0.391 e. The molecular formula is C31H30F2O6. The highest BCUT2D eigenvalue weighted by atomic mass is 19.1. The van der Waals surface area contributed by atoms with Crippen molar-refractivity contribution in [3.05, 3.63) is 94.8 Å². The molecule has 0 aromatic heterocycles. The van der Waals surface area contributed by atoms with Crippen molar-refractivity contribution in [3.8, 4) is 34.5 Å². The maximum Gasteiger partial charge on any atom is 0.383 e. The maximum atomic E-state index is 14.4. The van der Waals surface area contributed by atoms with E-state index >= 15 is 0 Å². The summed E-state index contributed by atoms with van der Waals surface area (Å²) in [6.45, 7) is 4.44. The summed E-state index contributed by atoms with van der Waals surface area (Å²) in [5.41, 5.74) is 4.25. The van der Waals surface area contributed by atoms with Gasteiger partial charge in [0.2, 0.25) is 0 Å². The Morgan fingerprint density at radius 1 is 0.949 bits per heavy atom. The standard InChI is InChI=1S/C31H30F2O6/c1-4-24-15-22(8-9-23-10-12-25(30(33)16-23)7-5-6-14-32)11-13-29(24)26-17-27(37-36-3)19-28(18-26)38-39-31(35)21(2)20-34/h10-13,15-19,34H,2,4-7,14,20H2,1,3H3. The fourth-order valence-corrected chi connectivity index (χ4v) is 3.76. The number of aliphatic hydroxyl groups excluding tert-OH is 1. The van der Waals surface area contributed by atoms with Gasteiger partial charge in [0, 0.05) is 17.2 Å². The average molecular weight is 537 g/mol. The van der Waals surface area contributed by atoms with Crippen LogP contribution in [-0.2, 0) is 27.4 Å². The van der Waals surface area contributed by atoms with Gasteiger partial charge < -0.3 is 9.99 Å². The molecule has 1 N–H and O–H groups in total. The van der Waals surface area contributed by atoms with Crippen LogP contribution in [0.2, 0.25) is 0 Å². The Labute approximate surface area is 226 Å². The van der Waals surface area contributed by atoms with E-state index in [1.165, 1.54) is 19.2 Å². The van der Waals surface area contributed by atoms with E-state index in [0.29, 0.717) is 48.1 Å². The van der Waals surface area contributed by atoms with E-state index in [0.717, 1.165) is 16.7 Å². The number of aliphatic hydroxyl groups is 1. The molecule has 0 aliphatic rings. The molecule has 6 nitrogen and oxygen atoms in total. The molecule has 204 valence electrons. The first-order valence-electron chi connectivity index (χ1n) is 12.4. The van der Waals surface area contributed by atoms with E-state index in [2.05, 4.69) is 18.4 Å². The lowest BCUT2D eigenvalue weighted by Gasteiger charge is -2.13. The quantitative estimate of drug-likeness (QED) is 0.0996. The number of unbranched alkanes of at least 4 members (excludes halogenated alkanes) is 1. The molecule has 0 bridgehead atoms. The number of carbonyl (C=O) groups is 1. The van der Waals surface area contributed by atoms with Gasteiger partial charge in [0.25, 0.3) is 0 Å². The summed E-state index contributed by atoms with van der Waals surface area (Å²) < 4.78 is 26.7. The van der Waals surface area contributed by atoms with Gasteiger partial charge in [-0.1, -0.05) is 37.5 Å². The molecule has 0 fully saturated rings. The van der Waals surface area contributed by atoms with E-state index in [9.17, 15) is 13.6 Å². The van der Waals surface area contributed by atoms with Gasteiger partial charge in [-0.3, -0.25) is 9.28 Å². The van der Waals surface area contributed by atoms with Gasteiger partial charge in [-0.15, -0.1) is 0 Å². The molecule has 0 saturated heterocycles. The smallest absolute Gasteiger partial charge is 0.383 e. The van der Waals surface area contributed by atoms with Gasteiger partial charge in [0.15, 0.2) is 11.5 Å². The van der Waals surface area contributed by atoms with Gasteiger partial charge in [-0.05, 0) is 84.3 Å². The molecule has 8 heteroatoms. The van der Waals surface area contributed by atoms with Gasteiger partial charge in [-0.2, -0.15) is 4.89 Å². The zero-order chi connectivity index (χ0) is 28.2. The number of halogens is 2. The molecule has 0 heterocycles. The first-order chi connectivity index (χ1) is 18.9. The van der Waals surface area contributed by atoms with Gasteiger partial charge in [-0.25, -0.2) is 14.1 Å². The predicted octanol–water partition coefficient (Wildman–Crippen LogP) is 6.07. The SMILES string of the molecule is C=C(CO)C(=O)OOc1cc(OOC)cc(-c2ccc(C#Cc3ccc(CCCCF)c(F)c3)cc2CC)c1. The van der Waals surface area contributed by atoms with E-state index < -0.39 is 19.3 Å². The normalized spacial score (nSPS) is 10.4. The van der Waals surface area contributed by atoms with Crippen LogP contribution in [0, 0.1) is 17.7 Å². The lowest BCUT2D eigenvalue weighted by Crippen LogP contribution is -2.12. The van der Waals surface area contributed by atoms with Gasteiger partial charge >= 0.3 is 5.97 Å². The van der Waals surface area contributed by atoms with Crippen molar-refractivity contribution in [1.29, 1.82) is 0 Å². The van der Waals surface area contributed by atoms with Crippen molar-refractivity contribution in [2.45, 2.75) is 32.6 Å². The number of benzene rings is 3. The second-order valence-corrected chi connectivity index (χ2v) is 8.59. The Balaban J connectivity index is 1.85. The summed E-state index contributed by atoms with van der Waals surface area (Å²) in [7, 11) is 1.36. The molecule has 39 heavy (non-hydrogen) atoms. The van der Waals surface area contributed by atoms with Crippen LogP contribution < -0.4 is 9.78 Å². The van der Waals surface area contributed by atoms with Gasteiger partial charge in [0.05, 0.1) is 26.0 Å². The second-order valence-electron chi connectivity index (χ2n) is 8.59. The van der Waals surface area contributed by atoms with Crippen LogP contribution in [0.25, 0.3) is 11.1 Å².